The molecule has 0 aromatic heterocycles. The van der Waals surface area contributed by atoms with Crippen LogP contribution in [0.15, 0.2) is 24.5 Å². The Morgan fingerprint density at radius 1 is 1.17 bits per heavy atom. The van der Waals surface area contributed by atoms with E-state index >= 15 is 0 Å². The van der Waals surface area contributed by atoms with Gasteiger partial charge in [-0.15, -0.1) is 0 Å². The van der Waals surface area contributed by atoms with Gasteiger partial charge in [0.05, 0.1) is 6.26 Å². The lowest BCUT2D eigenvalue weighted by molar-refractivity contribution is 0.196. The van der Waals surface area contributed by atoms with Gasteiger partial charge in [0.25, 0.3) is 0 Å². The quantitative estimate of drug-likeness (QED) is 0.614. The van der Waals surface area contributed by atoms with Crippen LogP contribution >= 0.6 is 0 Å². The summed E-state index contributed by atoms with van der Waals surface area (Å²) in [4.78, 5) is 0. The molecule has 1 aliphatic carbocycles. The molecule has 3 rings (SSSR count). The van der Waals surface area contributed by atoms with Crippen molar-refractivity contribution >= 4 is 6.08 Å². The van der Waals surface area contributed by atoms with Crippen LogP contribution in [0.4, 0.5) is 0 Å². The zero-order valence-electron chi connectivity index (χ0n) is 10.8. The Morgan fingerprint density at radius 2 is 2.00 bits per heavy atom. The zero-order chi connectivity index (χ0) is 12.4. The first-order valence-electron chi connectivity index (χ1n) is 6.76. The van der Waals surface area contributed by atoms with Crippen LogP contribution in [0.3, 0.4) is 0 Å². The lowest BCUT2D eigenvalue weighted by Gasteiger charge is -2.18. The van der Waals surface area contributed by atoms with Crippen molar-refractivity contribution in [3.8, 4) is 11.8 Å². The molecule has 0 N–H and O–H groups in total. The molecule has 1 aromatic carbocycles. The Kier molecular flexibility index (Phi) is 3.11. The lowest BCUT2D eigenvalue weighted by atomic mass is 9.98. The number of hydrogen-bond donors (Lipinski definition) is 0. The molecule has 0 radical (unpaired) electrons. The van der Waals surface area contributed by atoms with Crippen LogP contribution in [0.2, 0.25) is 0 Å². The van der Waals surface area contributed by atoms with E-state index in [1.807, 2.05) is 6.08 Å². The third-order valence-electron chi connectivity index (χ3n) is 3.76. The molecule has 18 heavy (non-hydrogen) atoms. The number of fused-ring (bicyclic) bond motifs is 1. The monoisotopic (exact) mass is 238 g/mol. The van der Waals surface area contributed by atoms with Crippen LogP contribution in [0.1, 0.15) is 48.5 Å². The van der Waals surface area contributed by atoms with Gasteiger partial charge in [-0.2, -0.15) is 0 Å². The molecule has 1 saturated carbocycles. The Labute approximate surface area is 109 Å². The van der Waals surface area contributed by atoms with Crippen LogP contribution in [0, 0.1) is 24.7 Å². The van der Waals surface area contributed by atoms with E-state index in [1.165, 1.54) is 42.4 Å². The third kappa shape index (κ3) is 2.29. The average molecular weight is 238 g/mol. The molecule has 0 saturated heterocycles. The van der Waals surface area contributed by atoms with Crippen molar-refractivity contribution in [1.29, 1.82) is 0 Å². The van der Waals surface area contributed by atoms with E-state index in [-0.39, 0.29) is 6.10 Å². The van der Waals surface area contributed by atoms with Gasteiger partial charge >= 0.3 is 0 Å². The molecule has 0 amide bonds. The molecule has 1 aromatic rings. The molecule has 1 heteroatoms. The number of ether oxygens (including phenoxy) is 1. The van der Waals surface area contributed by atoms with E-state index in [1.54, 1.807) is 6.26 Å². The highest BCUT2D eigenvalue weighted by atomic mass is 16.5. The summed E-state index contributed by atoms with van der Waals surface area (Å²) in [6, 6.07) is 6.46. The number of aryl methyl sites for hydroxylation is 1. The van der Waals surface area contributed by atoms with Crippen molar-refractivity contribution in [2.75, 3.05) is 0 Å². The Bertz CT molecular complexity index is 524. The SMILES string of the molecule is Cc1ccc2c(c1)C=COC2C#CC1CCCC1. The summed E-state index contributed by atoms with van der Waals surface area (Å²) in [5.74, 6) is 7.30. The minimum Gasteiger partial charge on any atom is -0.480 e. The van der Waals surface area contributed by atoms with Crippen molar-refractivity contribution in [3.63, 3.8) is 0 Å². The standard InChI is InChI=1S/C17H18O/c1-13-6-8-16-15(12-13)10-11-18-17(16)9-7-14-4-2-3-5-14/h6,8,10-12,14,17H,2-5H2,1H3. The van der Waals surface area contributed by atoms with Gasteiger partial charge in [-0.25, -0.2) is 0 Å². The number of rotatable bonds is 0. The highest BCUT2D eigenvalue weighted by molar-refractivity contribution is 5.58. The summed E-state index contributed by atoms with van der Waals surface area (Å²) < 4.78 is 5.65. The molecule has 0 spiro atoms. The smallest absolute Gasteiger partial charge is 0.184 e. The van der Waals surface area contributed by atoms with Gasteiger partial charge < -0.3 is 4.74 Å². The van der Waals surface area contributed by atoms with Gasteiger partial charge in [0.1, 0.15) is 0 Å². The second-order valence-corrected chi connectivity index (χ2v) is 5.22. The zero-order valence-corrected chi connectivity index (χ0v) is 10.8. The molecular formula is C17H18O. The fourth-order valence-electron chi connectivity index (χ4n) is 2.72. The number of hydrogen-bond acceptors (Lipinski definition) is 1. The first-order chi connectivity index (χ1) is 8.83. The van der Waals surface area contributed by atoms with Gasteiger partial charge in [0.15, 0.2) is 6.10 Å². The predicted molar refractivity (Wildman–Crippen MR) is 73.8 cm³/mol. The van der Waals surface area contributed by atoms with Crippen molar-refractivity contribution < 1.29 is 4.74 Å². The van der Waals surface area contributed by atoms with Crippen molar-refractivity contribution in [1.82, 2.24) is 0 Å². The summed E-state index contributed by atoms with van der Waals surface area (Å²) in [6.45, 7) is 2.11. The van der Waals surface area contributed by atoms with Gasteiger partial charge in [-0.1, -0.05) is 48.4 Å². The minimum atomic E-state index is -0.0776. The molecule has 1 heterocycles. The Hall–Kier alpha value is -1.68. The summed E-state index contributed by atoms with van der Waals surface area (Å²) in [5, 5.41) is 0. The van der Waals surface area contributed by atoms with Gasteiger partial charge in [-0.05, 0) is 31.4 Å². The van der Waals surface area contributed by atoms with E-state index in [0.717, 1.165) is 0 Å². The maximum Gasteiger partial charge on any atom is 0.184 e. The molecule has 1 unspecified atom stereocenters. The lowest BCUT2D eigenvalue weighted by Crippen LogP contribution is -2.05. The summed E-state index contributed by atoms with van der Waals surface area (Å²) >= 11 is 0. The second-order valence-electron chi connectivity index (χ2n) is 5.22. The van der Waals surface area contributed by atoms with E-state index in [0.29, 0.717) is 5.92 Å². The fraction of sp³-hybridized carbons (Fsp3) is 0.412. The first kappa shape index (κ1) is 11.4. The second kappa shape index (κ2) is 4.90. The van der Waals surface area contributed by atoms with E-state index in [2.05, 4.69) is 37.0 Å². The molecule has 92 valence electrons. The van der Waals surface area contributed by atoms with Crippen molar-refractivity contribution in [2.45, 2.75) is 38.7 Å². The summed E-state index contributed by atoms with van der Waals surface area (Å²) in [5.41, 5.74) is 3.73. The van der Waals surface area contributed by atoms with Crippen molar-refractivity contribution in [2.24, 2.45) is 5.92 Å². The fourth-order valence-corrected chi connectivity index (χ4v) is 2.72. The molecule has 1 atom stereocenters. The molecule has 1 nitrogen and oxygen atoms in total. The van der Waals surface area contributed by atoms with E-state index in [4.69, 9.17) is 4.74 Å². The predicted octanol–water partition coefficient (Wildman–Crippen LogP) is 4.23. The first-order valence-corrected chi connectivity index (χ1v) is 6.76. The van der Waals surface area contributed by atoms with Crippen LogP contribution in [0.5, 0.6) is 0 Å². The largest absolute Gasteiger partial charge is 0.480 e. The molecule has 2 aliphatic rings. The maximum absolute atomic E-state index is 5.65. The van der Waals surface area contributed by atoms with E-state index in [9.17, 15) is 0 Å². The highest BCUT2D eigenvalue weighted by Crippen LogP contribution is 2.29. The van der Waals surface area contributed by atoms with Gasteiger partial charge in [0.2, 0.25) is 0 Å². The summed E-state index contributed by atoms with van der Waals surface area (Å²) in [6.07, 6.45) is 8.91. The molecule has 1 aliphatic heterocycles. The summed E-state index contributed by atoms with van der Waals surface area (Å²) in [7, 11) is 0. The molecule has 0 bridgehead atoms. The third-order valence-corrected chi connectivity index (χ3v) is 3.76. The molecule has 1 fully saturated rings. The van der Waals surface area contributed by atoms with Crippen LogP contribution in [0.25, 0.3) is 6.08 Å². The average Bonchev–Trinajstić information content (AvgIpc) is 2.89. The normalized spacial score (nSPS) is 21.9. The Balaban J connectivity index is 1.84. The highest BCUT2D eigenvalue weighted by Gasteiger charge is 2.17. The number of benzene rings is 1. The van der Waals surface area contributed by atoms with Crippen molar-refractivity contribution in [3.05, 3.63) is 41.2 Å². The maximum atomic E-state index is 5.65. The van der Waals surface area contributed by atoms with Crippen LogP contribution in [-0.2, 0) is 4.74 Å². The minimum absolute atomic E-state index is 0.0776. The van der Waals surface area contributed by atoms with Crippen LogP contribution < -0.4 is 0 Å². The Morgan fingerprint density at radius 3 is 2.83 bits per heavy atom. The van der Waals surface area contributed by atoms with Crippen LogP contribution in [-0.4, -0.2) is 0 Å². The van der Waals surface area contributed by atoms with E-state index < -0.39 is 0 Å². The van der Waals surface area contributed by atoms with Gasteiger partial charge in [0, 0.05) is 11.5 Å². The van der Waals surface area contributed by atoms with Gasteiger partial charge in [-0.3, -0.25) is 0 Å². The molecular weight excluding hydrogens is 220 g/mol. The topological polar surface area (TPSA) is 9.23 Å².